The van der Waals surface area contributed by atoms with Crippen LogP contribution in [0, 0.1) is 13.8 Å². The second-order valence-electron chi connectivity index (χ2n) is 4.19. The molecule has 2 aromatic heterocycles. The number of aromatic nitrogens is 1. The molecule has 0 saturated carbocycles. The standard InChI is InChI=1S/C15H13NOS/c1-10-11(2)17-15(16-10)14-9-8-13(18-14)12-6-4-3-5-7-12/h3-9H,1-2H3. The fourth-order valence-corrected chi connectivity index (χ4v) is 2.73. The van der Waals surface area contributed by atoms with Crippen LogP contribution in [0.1, 0.15) is 11.5 Å². The molecule has 0 N–H and O–H groups in total. The summed E-state index contributed by atoms with van der Waals surface area (Å²) in [5.41, 5.74) is 2.19. The van der Waals surface area contributed by atoms with Gasteiger partial charge in [-0.2, -0.15) is 0 Å². The van der Waals surface area contributed by atoms with E-state index in [1.165, 1.54) is 10.4 Å². The average Bonchev–Trinajstić information content (AvgIpc) is 2.99. The molecule has 3 aromatic rings. The van der Waals surface area contributed by atoms with Gasteiger partial charge in [0.1, 0.15) is 5.76 Å². The smallest absolute Gasteiger partial charge is 0.236 e. The SMILES string of the molecule is Cc1nc(-c2ccc(-c3ccccc3)s2)oc1C. The Bertz CT molecular complexity index is 647. The number of nitrogens with zero attached hydrogens (tertiary/aromatic N) is 1. The van der Waals surface area contributed by atoms with Gasteiger partial charge >= 0.3 is 0 Å². The number of rotatable bonds is 2. The first-order chi connectivity index (χ1) is 8.74. The highest BCUT2D eigenvalue weighted by atomic mass is 32.1. The molecule has 0 radical (unpaired) electrons. The Kier molecular flexibility index (Phi) is 2.76. The van der Waals surface area contributed by atoms with Crippen molar-refractivity contribution < 1.29 is 4.42 Å². The zero-order valence-corrected chi connectivity index (χ0v) is 11.1. The number of hydrogen-bond acceptors (Lipinski definition) is 3. The summed E-state index contributed by atoms with van der Waals surface area (Å²) in [6.45, 7) is 3.91. The number of oxazole rings is 1. The Morgan fingerprint density at radius 3 is 2.33 bits per heavy atom. The minimum Gasteiger partial charge on any atom is -0.440 e. The van der Waals surface area contributed by atoms with Crippen LogP contribution < -0.4 is 0 Å². The predicted molar refractivity (Wildman–Crippen MR) is 74.7 cm³/mol. The normalized spacial score (nSPS) is 10.8. The Labute approximate surface area is 110 Å². The molecule has 0 unspecified atom stereocenters. The molecule has 0 bridgehead atoms. The van der Waals surface area contributed by atoms with Crippen LogP contribution in [-0.2, 0) is 0 Å². The fourth-order valence-electron chi connectivity index (χ4n) is 1.79. The highest BCUT2D eigenvalue weighted by Crippen LogP contribution is 2.34. The molecule has 1 aromatic carbocycles. The van der Waals surface area contributed by atoms with Crippen LogP contribution in [0.5, 0.6) is 0 Å². The molecular formula is C15H13NOS. The Morgan fingerprint density at radius 2 is 1.67 bits per heavy atom. The van der Waals surface area contributed by atoms with E-state index in [1.807, 2.05) is 32.0 Å². The third-order valence-corrected chi connectivity index (χ3v) is 4.03. The molecule has 0 aliphatic carbocycles. The molecular weight excluding hydrogens is 242 g/mol. The minimum atomic E-state index is 0.720. The van der Waals surface area contributed by atoms with Crippen molar-refractivity contribution in [3.05, 3.63) is 53.9 Å². The Balaban J connectivity index is 1.99. The monoisotopic (exact) mass is 255 g/mol. The Morgan fingerprint density at radius 1 is 0.944 bits per heavy atom. The summed E-state index contributed by atoms with van der Waals surface area (Å²) in [4.78, 5) is 6.74. The van der Waals surface area contributed by atoms with Crippen LogP contribution >= 0.6 is 11.3 Å². The lowest BCUT2D eigenvalue weighted by atomic mass is 10.2. The molecule has 0 saturated heterocycles. The molecule has 0 atom stereocenters. The first-order valence-electron chi connectivity index (χ1n) is 5.84. The van der Waals surface area contributed by atoms with E-state index in [-0.39, 0.29) is 0 Å². The summed E-state index contributed by atoms with van der Waals surface area (Å²) in [5.74, 6) is 1.61. The summed E-state index contributed by atoms with van der Waals surface area (Å²) < 4.78 is 5.65. The minimum absolute atomic E-state index is 0.720. The lowest BCUT2D eigenvalue weighted by molar-refractivity contribution is 0.542. The van der Waals surface area contributed by atoms with Gasteiger partial charge in [-0.25, -0.2) is 4.98 Å². The van der Waals surface area contributed by atoms with Gasteiger partial charge in [0.15, 0.2) is 0 Å². The molecule has 0 spiro atoms. The van der Waals surface area contributed by atoms with E-state index < -0.39 is 0 Å². The number of hydrogen-bond donors (Lipinski definition) is 0. The van der Waals surface area contributed by atoms with Crippen molar-refractivity contribution in [2.45, 2.75) is 13.8 Å². The van der Waals surface area contributed by atoms with Crippen LogP contribution in [0.15, 0.2) is 46.9 Å². The Hall–Kier alpha value is -1.87. The fraction of sp³-hybridized carbons (Fsp3) is 0.133. The van der Waals surface area contributed by atoms with Crippen molar-refractivity contribution in [3.8, 4) is 21.2 Å². The van der Waals surface area contributed by atoms with Gasteiger partial charge in [-0.05, 0) is 31.5 Å². The first kappa shape index (κ1) is 11.2. The third-order valence-electron chi connectivity index (χ3n) is 2.90. The van der Waals surface area contributed by atoms with Crippen LogP contribution in [0.2, 0.25) is 0 Å². The first-order valence-corrected chi connectivity index (χ1v) is 6.65. The average molecular weight is 255 g/mol. The van der Waals surface area contributed by atoms with Crippen LogP contribution in [0.25, 0.3) is 21.2 Å². The van der Waals surface area contributed by atoms with Gasteiger partial charge in [0, 0.05) is 4.88 Å². The van der Waals surface area contributed by atoms with Gasteiger partial charge in [0.25, 0.3) is 0 Å². The number of aryl methyl sites for hydroxylation is 2. The topological polar surface area (TPSA) is 26.0 Å². The summed E-state index contributed by atoms with van der Waals surface area (Å²) in [7, 11) is 0. The lowest BCUT2D eigenvalue weighted by Gasteiger charge is -1.94. The van der Waals surface area contributed by atoms with Crippen molar-refractivity contribution in [3.63, 3.8) is 0 Å². The molecule has 2 nitrogen and oxygen atoms in total. The van der Waals surface area contributed by atoms with Gasteiger partial charge in [0.2, 0.25) is 5.89 Å². The van der Waals surface area contributed by atoms with Gasteiger partial charge in [0.05, 0.1) is 10.6 Å². The lowest BCUT2D eigenvalue weighted by Crippen LogP contribution is -1.72. The molecule has 0 aliphatic heterocycles. The van der Waals surface area contributed by atoms with E-state index in [0.717, 1.165) is 22.2 Å². The predicted octanol–water partition coefficient (Wildman–Crippen LogP) is 4.69. The second-order valence-corrected chi connectivity index (χ2v) is 5.27. The summed E-state index contributed by atoms with van der Waals surface area (Å²) >= 11 is 1.70. The van der Waals surface area contributed by atoms with Gasteiger partial charge in [-0.1, -0.05) is 30.3 Å². The molecule has 18 heavy (non-hydrogen) atoms. The van der Waals surface area contributed by atoms with E-state index in [0.29, 0.717) is 0 Å². The van der Waals surface area contributed by atoms with Crippen LogP contribution in [0.3, 0.4) is 0 Å². The maximum Gasteiger partial charge on any atom is 0.236 e. The van der Waals surface area contributed by atoms with Crippen LogP contribution in [0.4, 0.5) is 0 Å². The molecule has 3 heteroatoms. The van der Waals surface area contributed by atoms with Crippen LogP contribution in [-0.4, -0.2) is 4.98 Å². The maximum absolute atomic E-state index is 5.65. The number of benzene rings is 1. The van der Waals surface area contributed by atoms with Crippen molar-refractivity contribution in [2.24, 2.45) is 0 Å². The van der Waals surface area contributed by atoms with Gasteiger partial charge < -0.3 is 4.42 Å². The quantitative estimate of drug-likeness (QED) is 0.664. The summed E-state index contributed by atoms with van der Waals surface area (Å²) in [5, 5.41) is 0. The second kappa shape index (κ2) is 4.42. The third kappa shape index (κ3) is 1.97. The molecule has 2 heterocycles. The van der Waals surface area contributed by atoms with Crippen molar-refractivity contribution in [1.82, 2.24) is 4.98 Å². The van der Waals surface area contributed by atoms with Gasteiger partial charge in [-0.3, -0.25) is 0 Å². The molecule has 0 aliphatic rings. The zero-order chi connectivity index (χ0) is 12.5. The largest absolute Gasteiger partial charge is 0.440 e. The van der Waals surface area contributed by atoms with Crippen molar-refractivity contribution >= 4 is 11.3 Å². The molecule has 90 valence electrons. The summed E-state index contributed by atoms with van der Waals surface area (Å²) in [6.07, 6.45) is 0. The highest BCUT2D eigenvalue weighted by Gasteiger charge is 2.11. The molecule has 0 amide bonds. The van der Waals surface area contributed by atoms with E-state index >= 15 is 0 Å². The zero-order valence-electron chi connectivity index (χ0n) is 10.3. The maximum atomic E-state index is 5.65. The van der Waals surface area contributed by atoms with E-state index in [9.17, 15) is 0 Å². The molecule has 0 fully saturated rings. The van der Waals surface area contributed by atoms with Gasteiger partial charge in [-0.15, -0.1) is 11.3 Å². The molecule has 3 rings (SSSR count). The van der Waals surface area contributed by atoms with E-state index in [2.05, 4.69) is 29.2 Å². The number of thiophene rings is 1. The van der Waals surface area contributed by atoms with Crippen molar-refractivity contribution in [2.75, 3.05) is 0 Å². The van der Waals surface area contributed by atoms with E-state index in [1.54, 1.807) is 11.3 Å². The van der Waals surface area contributed by atoms with E-state index in [4.69, 9.17) is 4.42 Å². The summed E-state index contributed by atoms with van der Waals surface area (Å²) in [6, 6.07) is 14.5. The van der Waals surface area contributed by atoms with Crippen molar-refractivity contribution in [1.29, 1.82) is 0 Å². The highest BCUT2D eigenvalue weighted by molar-refractivity contribution is 7.18.